The molecule has 1 aromatic carbocycles. The number of carbonyl (C=O) groups excluding carboxylic acids is 1. The number of piperidine rings is 1. The minimum atomic E-state index is -0.194. The number of amidine groups is 1. The van der Waals surface area contributed by atoms with Gasteiger partial charge in [-0.1, -0.05) is 24.6 Å². The van der Waals surface area contributed by atoms with E-state index in [1.807, 2.05) is 35.0 Å². The first-order chi connectivity index (χ1) is 18.1. The van der Waals surface area contributed by atoms with Crippen LogP contribution in [-0.2, 0) is 4.79 Å². The average Bonchev–Trinajstić information content (AvgIpc) is 3.52. The van der Waals surface area contributed by atoms with Crippen molar-refractivity contribution < 1.29 is 4.79 Å². The first-order valence-electron chi connectivity index (χ1n) is 13.0. The second-order valence-corrected chi connectivity index (χ2v) is 11.0. The van der Waals surface area contributed by atoms with Crippen molar-refractivity contribution in [1.29, 1.82) is 0 Å². The van der Waals surface area contributed by atoms with Crippen molar-refractivity contribution in [2.75, 3.05) is 50.7 Å². The summed E-state index contributed by atoms with van der Waals surface area (Å²) < 4.78 is 1.81. The number of amides is 1. The van der Waals surface area contributed by atoms with Crippen molar-refractivity contribution in [3.8, 4) is 11.3 Å². The Hall–Kier alpha value is -2.88. The second-order valence-electron chi connectivity index (χ2n) is 9.62. The molecule has 192 valence electrons. The van der Waals surface area contributed by atoms with Gasteiger partial charge in [-0.3, -0.25) is 4.79 Å². The van der Waals surface area contributed by atoms with E-state index in [9.17, 15) is 4.79 Å². The van der Waals surface area contributed by atoms with E-state index in [1.165, 1.54) is 18.2 Å². The summed E-state index contributed by atoms with van der Waals surface area (Å²) in [6.07, 6.45) is 7.18. The number of likely N-dealkylation sites (tertiary alicyclic amines) is 1. The molecule has 2 saturated heterocycles. The van der Waals surface area contributed by atoms with Crippen LogP contribution in [0.15, 0.2) is 46.4 Å². The van der Waals surface area contributed by atoms with Crippen LogP contribution in [0.25, 0.3) is 23.0 Å². The number of aliphatic imine (C=N–C) groups is 1. The molecule has 3 aliphatic heterocycles. The first kappa shape index (κ1) is 24.5. The molecule has 0 saturated carbocycles. The van der Waals surface area contributed by atoms with Crippen LogP contribution < -0.4 is 4.90 Å². The standard InChI is InChI=1S/C27H30ClN7OS/c1-2-32-12-14-33(15-13-32)22-8-6-19(16-21(22)28)23-18-29-25-9-7-20(31-35(23)25)17-24-26(36)30-27(37-24)34-10-4-3-5-11-34/h6-9,16-18H,2-5,10-15H2,1H3. The van der Waals surface area contributed by atoms with Gasteiger partial charge in [-0.05, 0) is 67.9 Å². The minimum Gasteiger partial charge on any atom is -0.368 e. The predicted molar refractivity (Wildman–Crippen MR) is 151 cm³/mol. The van der Waals surface area contributed by atoms with Gasteiger partial charge in [0.2, 0.25) is 0 Å². The van der Waals surface area contributed by atoms with E-state index in [-0.39, 0.29) is 5.91 Å². The number of fused-ring (bicyclic) bond motifs is 1. The van der Waals surface area contributed by atoms with Gasteiger partial charge in [0, 0.05) is 44.8 Å². The van der Waals surface area contributed by atoms with Crippen molar-refractivity contribution >= 4 is 51.8 Å². The molecule has 0 radical (unpaired) electrons. The van der Waals surface area contributed by atoms with E-state index in [0.29, 0.717) is 10.6 Å². The minimum absolute atomic E-state index is 0.194. The second kappa shape index (κ2) is 10.5. The van der Waals surface area contributed by atoms with Crippen molar-refractivity contribution in [1.82, 2.24) is 24.4 Å². The molecule has 6 rings (SSSR count). The van der Waals surface area contributed by atoms with Gasteiger partial charge >= 0.3 is 0 Å². The lowest BCUT2D eigenvalue weighted by atomic mass is 10.1. The highest BCUT2D eigenvalue weighted by Crippen LogP contribution is 2.33. The molecule has 3 aliphatic rings. The molecular formula is C27H30ClN7OS. The fourth-order valence-corrected chi connectivity index (χ4v) is 6.39. The SMILES string of the molecule is CCN1CCN(c2ccc(-c3cnc4ccc(C=C5SC(N6CCCCC6)=NC5=O)nn34)cc2Cl)CC1. The molecule has 0 unspecified atom stereocenters. The van der Waals surface area contributed by atoms with E-state index in [0.717, 1.165) is 91.4 Å². The van der Waals surface area contributed by atoms with Crippen LogP contribution in [0.5, 0.6) is 0 Å². The Balaban J connectivity index is 1.24. The summed E-state index contributed by atoms with van der Waals surface area (Å²) in [4.78, 5) is 29.1. The van der Waals surface area contributed by atoms with Crippen molar-refractivity contribution in [3.63, 3.8) is 0 Å². The van der Waals surface area contributed by atoms with Crippen molar-refractivity contribution in [2.45, 2.75) is 26.2 Å². The van der Waals surface area contributed by atoms with Gasteiger partial charge < -0.3 is 14.7 Å². The van der Waals surface area contributed by atoms with Gasteiger partial charge in [0.15, 0.2) is 10.8 Å². The normalized spacial score (nSPS) is 20.3. The van der Waals surface area contributed by atoms with Crippen LogP contribution in [0.4, 0.5) is 5.69 Å². The van der Waals surface area contributed by atoms with Crippen LogP contribution in [0.3, 0.4) is 0 Å². The third kappa shape index (κ3) is 5.00. The van der Waals surface area contributed by atoms with Gasteiger partial charge in [-0.25, -0.2) is 9.50 Å². The summed E-state index contributed by atoms with van der Waals surface area (Å²) in [7, 11) is 0. The Morgan fingerprint density at radius 1 is 1.00 bits per heavy atom. The highest BCUT2D eigenvalue weighted by molar-refractivity contribution is 8.18. The lowest BCUT2D eigenvalue weighted by Gasteiger charge is -2.36. The van der Waals surface area contributed by atoms with Gasteiger partial charge in [-0.15, -0.1) is 0 Å². The maximum Gasteiger partial charge on any atom is 0.286 e. The lowest BCUT2D eigenvalue weighted by Crippen LogP contribution is -2.46. The number of likely N-dealkylation sites (N-methyl/N-ethyl adjacent to an activating group) is 1. The Kier molecular flexibility index (Phi) is 6.92. The summed E-state index contributed by atoms with van der Waals surface area (Å²) in [5.74, 6) is -0.194. The molecule has 5 heterocycles. The van der Waals surface area contributed by atoms with E-state index >= 15 is 0 Å². The third-order valence-corrected chi connectivity index (χ3v) is 8.65. The van der Waals surface area contributed by atoms with Gasteiger partial charge in [-0.2, -0.15) is 10.1 Å². The molecule has 2 fully saturated rings. The molecular weight excluding hydrogens is 506 g/mol. The maximum atomic E-state index is 12.6. The number of piperazine rings is 1. The zero-order valence-corrected chi connectivity index (χ0v) is 22.5. The van der Waals surface area contributed by atoms with Crippen LogP contribution in [0, 0.1) is 0 Å². The quantitative estimate of drug-likeness (QED) is 0.450. The predicted octanol–water partition coefficient (Wildman–Crippen LogP) is 4.65. The smallest absolute Gasteiger partial charge is 0.286 e. The van der Waals surface area contributed by atoms with Gasteiger partial charge in [0.25, 0.3) is 5.91 Å². The Labute approximate surface area is 226 Å². The number of hydrogen-bond acceptors (Lipinski definition) is 7. The number of hydrogen-bond donors (Lipinski definition) is 0. The molecule has 1 amide bonds. The monoisotopic (exact) mass is 535 g/mol. The number of nitrogens with zero attached hydrogens (tertiary/aromatic N) is 7. The van der Waals surface area contributed by atoms with Crippen LogP contribution >= 0.6 is 23.4 Å². The number of benzene rings is 1. The summed E-state index contributed by atoms with van der Waals surface area (Å²) >= 11 is 8.21. The zero-order chi connectivity index (χ0) is 25.4. The van der Waals surface area contributed by atoms with Crippen LogP contribution in [0.1, 0.15) is 31.9 Å². The zero-order valence-electron chi connectivity index (χ0n) is 20.9. The Bertz CT molecular complexity index is 1390. The molecule has 0 atom stereocenters. The molecule has 37 heavy (non-hydrogen) atoms. The van der Waals surface area contributed by atoms with Crippen LogP contribution in [-0.4, -0.2) is 81.3 Å². The molecule has 0 N–H and O–H groups in total. The number of anilines is 1. The summed E-state index contributed by atoms with van der Waals surface area (Å²) in [6.45, 7) is 9.26. The number of carbonyl (C=O) groups is 1. The Morgan fingerprint density at radius 3 is 2.57 bits per heavy atom. The largest absolute Gasteiger partial charge is 0.368 e. The van der Waals surface area contributed by atoms with Gasteiger partial charge in [0.05, 0.1) is 33.2 Å². The average molecular weight is 536 g/mol. The molecule has 3 aromatic rings. The van der Waals surface area contributed by atoms with Gasteiger partial charge in [0.1, 0.15) is 0 Å². The number of halogens is 1. The van der Waals surface area contributed by atoms with E-state index < -0.39 is 0 Å². The van der Waals surface area contributed by atoms with Crippen molar-refractivity contribution in [2.24, 2.45) is 4.99 Å². The van der Waals surface area contributed by atoms with E-state index in [1.54, 1.807) is 0 Å². The fourth-order valence-electron chi connectivity index (χ4n) is 5.14. The highest BCUT2D eigenvalue weighted by Gasteiger charge is 2.27. The van der Waals surface area contributed by atoms with E-state index in [4.69, 9.17) is 16.7 Å². The summed E-state index contributed by atoms with van der Waals surface area (Å²) in [6, 6.07) is 9.98. The summed E-state index contributed by atoms with van der Waals surface area (Å²) in [5, 5.41) is 6.33. The van der Waals surface area contributed by atoms with Crippen molar-refractivity contribution in [3.05, 3.63) is 52.2 Å². The number of rotatable bonds is 4. The number of imidazole rings is 1. The molecule has 0 bridgehead atoms. The fraction of sp³-hybridized carbons (Fsp3) is 0.407. The third-order valence-electron chi connectivity index (χ3n) is 7.30. The number of aromatic nitrogens is 3. The Morgan fingerprint density at radius 2 is 1.81 bits per heavy atom. The molecule has 2 aromatic heterocycles. The number of thioether (sulfide) groups is 1. The summed E-state index contributed by atoms with van der Waals surface area (Å²) in [5.41, 5.74) is 4.30. The molecule has 10 heteroatoms. The van der Waals surface area contributed by atoms with Crippen LogP contribution in [0.2, 0.25) is 5.02 Å². The molecule has 0 aliphatic carbocycles. The molecule has 0 spiro atoms. The molecule has 8 nitrogen and oxygen atoms in total. The maximum absolute atomic E-state index is 12.6. The van der Waals surface area contributed by atoms with E-state index in [2.05, 4.69) is 43.7 Å². The first-order valence-corrected chi connectivity index (χ1v) is 14.2. The topological polar surface area (TPSA) is 69.3 Å². The lowest BCUT2D eigenvalue weighted by molar-refractivity contribution is -0.113. The highest BCUT2D eigenvalue weighted by atomic mass is 35.5.